The number of nitrogens with one attached hydrogen (secondary N) is 2. The van der Waals surface area contributed by atoms with Gasteiger partial charge in [0.2, 0.25) is 0 Å². The van der Waals surface area contributed by atoms with Gasteiger partial charge in [0, 0.05) is 24.7 Å². The maximum atomic E-state index is 11.8. The summed E-state index contributed by atoms with van der Waals surface area (Å²) in [5, 5.41) is 6.07. The van der Waals surface area contributed by atoms with Crippen LogP contribution < -0.4 is 10.6 Å². The summed E-state index contributed by atoms with van der Waals surface area (Å²) in [5.41, 5.74) is 0.850. The maximum Gasteiger partial charge on any atom is 0.253 e. The van der Waals surface area contributed by atoms with E-state index in [0.29, 0.717) is 11.0 Å². The van der Waals surface area contributed by atoms with E-state index in [0.717, 1.165) is 18.9 Å². The van der Waals surface area contributed by atoms with Gasteiger partial charge in [-0.3, -0.25) is 4.79 Å². The number of pyridine rings is 1. The fourth-order valence-electron chi connectivity index (χ4n) is 3.33. The zero-order valence-corrected chi connectivity index (χ0v) is 14.1. The number of carbonyl (C=O) groups excluding carboxylic acids is 1. The van der Waals surface area contributed by atoms with Gasteiger partial charge in [-0.05, 0) is 39.1 Å². The summed E-state index contributed by atoms with van der Waals surface area (Å²) in [5.74, 6) is 3.00. The van der Waals surface area contributed by atoms with Crippen molar-refractivity contribution in [3.63, 3.8) is 0 Å². The standard InChI is InChI=1S/C18H26N4O/c1-4-11-19-17(23)15-7-8-16(20-12-15)21-13-18(14-22(2)3)9-5-6-10-18/h1,7-8,12H,5-6,9-11,13-14H2,2-3H3,(H,19,23)(H,20,21). The molecule has 0 bridgehead atoms. The van der Waals surface area contributed by atoms with Gasteiger partial charge >= 0.3 is 0 Å². The molecule has 1 fully saturated rings. The highest BCUT2D eigenvalue weighted by molar-refractivity contribution is 5.94. The number of carbonyl (C=O) groups is 1. The van der Waals surface area contributed by atoms with Crippen LogP contribution in [0.4, 0.5) is 5.82 Å². The summed E-state index contributed by atoms with van der Waals surface area (Å²) in [6.07, 6.45) is 11.8. The van der Waals surface area contributed by atoms with Gasteiger partial charge in [0.25, 0.3) is 5.91 Å². The first-order valence-corrected chi connectivity index (χ1v) is 8.11. The molecule has 1 heterocycles. The predicted molar refractivity (Wildman–Crippen MR) is 93.3 cm³/mol. The summed E-state index contributed by atoms with van der Waals surface area (Å²) < 4.78 is 0. The number of aromatic nitrogens is 1. The molecule has 2 rings (SSSR count). The SMILES string of the molecule is C#CCNC(=O)c1ccc(NCC2(CN(C)C)CCCC2)nc1. The lowest BCUT2D eigenvalue weighted by Crippen LogP contribution is -2.37. The van der Waals surface area contributed by atoms with Crippen LogP contribution >= 0.6 is 0 Å². The smallest absolute Gasteiger partial charge is 0.253 e. The Hall–Kier alpha value is -2.06. The van der Waals surface area contributed by atoms with Crippen LogP contribution in [0.15, 0.2) is 18.3 Å². The molecule has 5 heteroatoms. The van der Waals surface area contributed by atoms with Gasteiger partial charge in [0.1, 0.15) is 5.82 Å². The number of anilines is 1. The molecule has 0 saturated heterocycles. The Morgan fingerprint density at radius 1 is 1.39 bits per heavy atom. The van der Waals surface area contributed by atoms with Gasteiger partial charge in [-0.25, -0.2) is 4.98 Å². The first kappa shape index (κ1) is 17.3. The van der Waals surface area contributed by atoms with Crippen LogP contribution in [-0.4, -0.2) is 49.5 Å². The quantitative estimate of drug-likeness (QED) is 0.756. The minimum absolute atomic E-state index is 0.193. The predicted octanol–water partition coefficient (Wildman–Crippen LogP) is 1.98. The zero-order valence-electron chi connectivity index (χ0n) is 14.1. The maximum absolute atomic E-state index is 11.8. The lowest BCUT2D eigenvalue weighted by molar-refractivity contribution is 0.0958. The molecule has 0 spiro atoms. The Kier molecular flexibility index (Phi) is 6.00. The van der Waals surface area contributed by atoms with Crippen molar-refractivity contribution in [2.45, 2.75) is 25.7 Å². The van der Waals surface area contributed by atoms with Gasteiger partial charge in [-0.2, -0.15) is 0 Å². The number of rotatable bonds is 7. The van der Waals surface area contributed by atoms with Crippen LogP contribution in [-0.2, 0) is 0 Å². The Morgan fingerprint density at radius 3 is 2.70 bits per heavy atom. The van der Waals surface area contributed by atoms with E-state index < -0.39 is 0 Å². The third-order valence-electron chi connectivity index (χ3n) is 4.34. The fraction of sp³-hybridized carbons (Fsp3) is 0.556. The van der Waals surface area contributed by atoms with Crippen molar-refractivity contribution in [3.8, 4) is 12.3 Å². The van der Waals surface area contributed by atoms with Crippen molar-refractivity contribution in [1.29, 1.82) is 0 Å². The van der Waals surface area contributed by atoms with Crippen molar-refractivity contribution in [2.75, 3.05) is 39.0 Å². The average molecular weight is 314 g/mol. The Balaban J connectivity index is 1.93. The minimum Gasteiger partial charge on any atom is -0.369 e. The second-order valence-corrected chi connectivity index (χ2v) is 6.62. The van der Waals surface area contributed by atoms with E-state index >= 15 is 0 Å². The summed E-state index contributed by atoms with van der Waals surface area (Å²) >= 11 is 0. The van der Waals surface area contributed by atoms with Crippen molar-refractivity contribution < 1.29 is 4.79 Å². The molecule has 0 unspecified atom stereocenters. The monoisotopic (exact) mass is 314 g/mol. The third-order valence-corrected chi connectivity index (χ3v) is 4.34. The molecular weight excluding hydrogens is 288 g/mol. The van der Waals surface area contributed by atoms with Crippen LogP contribution in [0.2, 0.25) is 0 Å². The summed E-state index contributed by atoms with van der Waals surface area (Å²) in [6.45, 7) is 2.24. The normalized spacial score (nSPS) is 16.1. The number of nitrogens with zero attached hydrogens (tertiary/aromatic N) is 2. The first-order valence-electron chi connectivity index (χ1n) is 8.11. The molecule has 0 aliphatic heterocycles. The highest BCUT2D eigenvalue weighted by Crippen LogP contribution is 2.38. The zero-order chi connectivity index (χ0) is 16.7. The molecular formula is C18H26N4O. The van der Waals surface area contributed by atoms with E-state index in [4.69, 9.17) is 6.42 Å². The summed E-state index contributed by atoms with van der Waals surface area (Å²) in [6, 6.07) is 3.62. The van der Waals surface area contributed by atoms with Crippen LogP contribution in [0.3, 0.4) is 0 Å². The molecule has 2 N–H and O–H groups in total. The highest BCUT2D eigenvalue weighted by Gasteiger charge is 2.34. The van der Waals surface area contributed by atoms with Crippen molar-refractivity contribution in [1.82, 2.24) is 15.2 Å². The topological polar surface area (TPSA) is 57.3 Å². The average Bonchev–Trinajstić information content (AvgIpc) is 2.99. The van der Waals surface area contributed by atoms with E-state index in [1.54, 1.807) is 12.3 Å². The van der Waals surface area contributed by atoms with Crippen molar-refractivity contribution >= 4 is 11.7 Å². The van der Waals surface area contributed by atoms with Crippen molar-refractivity contribution in [3.05, 3.63) is 23.9 Å². The molecule has 1 aromatic heterocycles. The lowest BCUT2D eigenvalue weighted by atomic mass is 9.85. The van der Waals surface area contributed by atoms with Gasteiger partial charge < -0.3 is 15.5 Å². The second kappa shape index (κ2) is 7.98. The first-order chi connectivity index (χ1) is 11.0. The van der Waals surface area contributed by atoms with E-state index in [1.807, 2.05) is 6.07 Å². The van der Waals surface area contributed by atoms with Gasteiger partial charge in [-0.1, -0.05) is 18.8 Å². The van der Waals surface area contributed by atoms with Gasteiger partial charge in [0.05, 0.1) is 12.1 Å². The highest BCUT2D eigenvalue weighted by atomic mass is 16.1. The van der Waals surface area contributed by atoms with Crippen molar-refractivity contribution in [2.24, 2.45) is 5.41 Å². The second-order valence-electron chi connectivity index (χ2n) is 6.62. The lowest BCUT2D eigenvalue weighted by Gasteiger charge is -2.32. The molecule has 23 heavy (non-hydrogen) atoms. The molecule has 1 aliphatic rings. The number of amides is 1. The minimum atomic E-state index is -0.193. The summed E-state index contributed by atoms with van der Waals surface area (Å²) in [4.78, 5) is 18.4. The van der Waals surface area contributed by atoms with Crippen LogP contribution in [0, 0.1) is 17.8 Å². The largest absolute Gasteiger partial charge is 0.369 e. The third kappa shape index (κ3) is 4.97. The Bertz CT molecular complexity index is 553. The van der Waals surface area contributed by atoms with E-state index in [9.17, 15) is 4.79 Å². The molecule has 1 amide bonds. The van der Waals surface area contributed by atoms with Crippen LogP contribution in [0.25, 0.3) is 0 Å². The van der Waals surface area contributed by atoms with Gasteiger partial charge in [-0.15, -0.1) is 6.42 Å². The molecule has 0 radical (unpaired) electrons. The van der Waals surface area contributed by atoms with E-state index in [-0.39, 0.29) is 12.5 Å². The number of hydrogen-bond acceptors (Lipinski definition) is 4. The van der Waals surface area contributed by atoms with Gasteiger partial charge in [0.15, 0.2) is 0 Å². The van der Waals surface area contributed by atoms with E-state index in [1.165, 1.54) is 25.7 Å². The fourth-order valence-corrected chi connectivity index (χ4v) is 3.33. The van der Waals surface area contributed by atoms with Crippen LogP contribution in [0.1, 0.15) is 36.0 Å². The molecule has 1 saturated carbocycles. The molecule has 124 valence electrons. The molecule has 1 aromatic rings. The molecule has 5 nitrogen and oxygen atoms in total. The summed E-state index contributed by atoms with van der Waals surface area (Å²) in [7, 11) is 4.25. The Morgan fingerprint density at radius 2 is 2.13 bits per heavy atom. The van der Waals surface area contributed by atoms with E-state index in [2.05, 4.69) is 40.5 Å². The Labute approximate surface area is 138 Å². The molecule has 0 aromatic carbocycles. The van der Waals surface area contributed by atoms with Crippen LogP contribution in [0.5, 0.6) is 0 Å². The number of hydrogen-bond donors (Lipinski definition) is 2. The molecule has 1 aliphatic carbocycles. The molecule has 0 atom stereocenters. The number of terminal acetylenes is 1.